The van der Waals surface area contributed by atoms with Crippen LogP contribution in [-0.4, -0.2) is 8.42 Å². The molecule has 0 aliphatic rings. The molecule has 0 aromatic heterocycles. The highest BCUT2D eigenvalue weighted by atomic mass is 35.5. The number of para-hydroxylation sites is 1. The average Bonchev–Trinajstić information content (AvgIpc) is 2.47. The number of fused-ring (bicyclic) bond motifs is 1. The predicted octanol–water partition coefficient (Wildman–Crippen LogP) is 4.29. The van der Waals surface area contributed by atoms with Gasteiger partial charge in [-0.2, -0.15) is 0 Å². The van der Waals surface area contributed by atoms with Crippen LogP contribution in [0, 0.1) is 0 Å². The molecule has 0 amide bonds. The van der Waals surface area contributed by atoms with Crippen molar-refractivity contribution in [1.29, 1.82) is 0 Å². The summed E-state index contributed by atoms with van der Waals surface area (Å²) >= 11 is 6.18. The second kappa shape index (κ2) is 5.39. The van der Waals surface area contributed by atoms with Gasteiger partial charge in [-0.05, 0) is 29.7 Å². The molecule has 0 aliphatic heterocycles. The van der Waals surface area contributed by atoms with Crippen molar-refractivity contribution in [2.45, 2.75) is 4.90 Å². The highest BCUT2D eigenvalue weighted by molar-refractivity contribution is 7.93. The van der Waals surface area contributed by atoms with Crippen LogP contribution in [0.5, 0.6) is 0 Å². The lowest BCUT2D eigenvalue weighted by atomic mass is 10.1. The topological polar surface area (TPSA) is 46.2 Å². The van der Waals surface area contributed by atoms with E-state index in [1.54, 1.807) is 48.5 Å². The van der Waals surface area contributed by atoms with Gasteiger partial charge in [0.05, 0.1) is 4.90 Å². The molecule has 5 heteroatoms. The van der Waals surface area contributed by atoms with Crippen LogP contribution < -0.4 is 4.72 Å². The maximum Gasteiger partial charge on any atom is 0.262 e. The Labute approximate surface area is 128 Å². The molecule has 0 unspecified atom stereocenters. The van der Waals surface area contributed by atoms with Crippen LogP contribution in [-0.2, 0) is 10.0 Å². The molecule has 3 rings (SSSR count). The van der Waals surface area contributed by atoms with Crippen LogP contribution >= 0.6 is 11.6 Å². The molecule has 0 spiro atoms. The number of sulfonamides is 1. The van der Waals surface area contributed by atoms with Crippen molar-refractivity contribution < 1.29 is 8.42 Å². The highest BCUT2D eigenvalue weighted by Crippen LogP contribution is 2.30. The Balaban J connectivity index is 2.16. The summed E-state index contributed by atoms with van der Waals surface area (Å²) in [5.74, 6) is 0. The largest absolute Gasteiger partial charge is 0.280 e. The number of hydrogen-bond acceptors (Lipinski definition) is 2. The monoisotopic (exact) mass is 317 g/mol. The van der Waals surface area contributed by atoms with Gasteiger partial charge in [0.15, 0.2) is 0 Å². The second-order valence-corrected chi connectivity index (χ2v) is 6.62. The first-order chi connectivity index (χ1) is 10.1. The molecule has 0 saturated heterocycles. The van der Waals surface area contributed by atoms with Gasteiger partial charge in [0.2, 0.25) is 0 Å². The minimum Gasteiger partial charge on any atom is -0.280 e. The van der Waals surface area contributed by atoms with E-state index in [0.717, 1.165) is 5.39 Å². The molecule has 3 aromatic rings. The normalized spacial score (nSPS) is 11.5. The lowest BCUT2D eigenvalue weighted by Gasteiger charge is -2.11. The van der Waals surface area contributed by atoms with Crippen molar-refractivity contribution in [3.05, 3.63) is 71.8 Å². The van der Waals surface area contributed by atoms with E-state index in [4.69, 9.17) is 11.6 Å². The third-order valence-electron chi connectivity index (χ3n) is 3.13. The second-order valence-electron chi connectivity index (χ2n) is 4.57. The first kappa shape index (κ1) is 13.9. The van der Waals surface area contributed by atoms with Crippen LogP contribution in [0.4, 0.5) is 5.69 Å². The molecular weight excluding hydrogens is 306 g/mol. The van der Waals surface area contributed by atoms with Crippen molar-refractivity contribution >= 4 is 38.1 Å². The van der Waals surface area contributed by atoms with Gasteiger partial charge < -0.3 is 0 Å². The van der Waals surface area contributed by atoms with E-state index in [1.165, 1.54) is 0 Å². The summed E-state index contributed by atoms with van der Waals surface area (Å²) in [5.41, 5.74) is 0.515. The van der Waals surface area contributed by atoms with E-state index in [-0.39, 0.29) is 4.90 Å². The number of hydrogen-bond donors (Lipinski definition) is 1. The Bertz CT molecular complexity index is 887. The fourth-order valence-electron chi connectivity index (χ4n) is 2.20. The van der Waals surface area contributed by atoms with Crippen LogP contribution in [0.3, 0.4) is 0 Å². The standard InChI is InChI=1S/C16H12ClNO2S/c17-14-10-4-6-12-7-5-11-15(16(12)14)21(19,20)18-13-8-2-1-3-9-13/h1-11,18H. The van der Waals surface area contributed by atoms with Crippen LogP contribution in [0.1, 0.15) is 0 Å². The van der Waals surface area contributed by atoms with Crippen LogP contribution in [0.25, 0.3) is 10.8 Å². The number of halogens is 1. The molecule has 0 radical (unpaired) electrons. The summed E-state index contributed by atoms with van der Waals surface area (Å²) in [7, 11) is -3.70. The Hall–Kier alpha value is -2.04. The van der Waals surface area contributed by atoms with Gasteiger partial charge in [-0.3, -0.25) is 4.72 Å². The zero-order valence-corrected chi connectivity index (χ0v) is 12.5. The highest BCUT2D eigenvalue weighted by Gasteiger charge is 2.18. The lowest BCUT2D eigenvalue weighted by Crippen LogP contribution is -2.13. The molecule has 21 heavy (non-hydrogen) atoms. The lowest BCUT2D eigenvalue weighted by molar-refractivity contribution is 0.602. The minimum absolute atomic E-state index is 0.175. The fraction of sp³-hybridized carbons (Fsp3) is 0. The summed E-state index contributed by atoms with van der Waals surface area (Å²) in [5, 5.41) is 1.74. The van der Waals surface area contributed by atoms with Gasteiger partial charge in [0.25, 0.3) is 10.0 Å². The maximum absolute atomic E-state index is 12.6. The molecule has 0 aliphatic carbocycles. The summed E-state index contributed by atoms with van der Waals surface area (Å²) in [6.45, 7) is 0. The Morgan fingerprint density at radius 2 is 1.48 bits per heavy atom. The van der Waals surface area contributed by atoms with Crippen molar-refractivity contribution in [1.82, 2.24) is 0 Å². The van der Waals surface area contributed by atoms with E-state index >= 15 is 0 Å². The molecule has 0 atom stereocenters. The first-order valence-corrected chi connectivity index (χ1v) is 8.19. The molecule has 0 fully saturated rings. The van der Waals surface area contributed by atoms with Gasteiger partial charge in [-0.25, -0.2) is 8.42 Å². The van der Waals surface area contributed by atoms with Gasteiger partial charge >= 0.3 is 0 Å². The maximum atomic E-state index is 12.6. The molecule has 106 valence electrons. The predicted molar refractivity (Wildman–Crippen MR) is 86.2 cm³/mol. The average molecular weight is 318 g/mol. The number of nitrogens with one attached hydrogen (secondary N) is 1. The van der Waals surface area contributed by atoms with E-state index in [0.29, 0.717) is 16.1 Å². The third kappa shape index (κ3) is 2.73. The summed E-state index contributed by atoms with van der Waals surface area (Å²) in [4.78, 5) is 0.175. The van der Waals surface area contributed by atoms with Gasteiger partial charge in [0, 0.05) is 16.1 Å². The zero-order valence-electron chi connectivity index (χ0n) is 11.0. The van der Waals surface area contributed by atoms with Crippen LogP contribution in [0.15, 0.2) is 71.6 Å². The third-order valence-corrected chi connectivity index (χ3v) is 4.87. The SMILES string of the molecule is O=S(=O)(Nc1ccccc1)c1cccc2cccc(Cl)c12. The number of anilines is 1. The molecule has 0 heterocycles. The van der Waals surface area contributed by atoms with Gasteiger partial charge in [-0.1, -0.05) is 54.1 Å². The van der Waals surface area contributed by atoms with Crippen molar-refractivity contribution in [3.8, 4) is 0 Å². The van der Waals surface area contributed by atoms with E-state index in [9.17, 15) is 8.42 Å². The van der Waals surface area contributed by atoms with E-state index in [2.05, 4.69) is 4.72 Å². The zero-order chi connectivity index (χ0) is 14.9. The van der Waals surface area contributed by atoms with Crippen molar-refractivity contribution in [2.75, 3.05) is 4.72 Å². The molecular formula is C16H12ClNO2S. The Kier molecular flexibility index (Phi) is 3.57. The van der Waals surface area contributed by atoms with Crippen molar-refractivity contribution in [2.24, 2.45) is 0 Å². The Morgan fingerprint density at radius 1 is 0.810 bits per heavy atom. The van der Waals surface area contributed by atoms with Gasteiger partial charge in [0.1, 0.15) is 0 Å². The summed E-state index contributed by atoms with van der Waals surface area (Å²) in [6, 6.07) is 19.2. The Morgan fingerprint density at radius 3 is 2.19 bits per heavy atom. The number of rotatable bonds is 3. The summed E-state index contributed by atoms with van der Waals surface area (Å²) < 4.78 is 27.8. The molecule has 1 N–H and O–H groups in total. The number of benzene rings is 3. The van der Waals surface area contributed by atoms with E-state index < -0.39 is 10.0 Å². The fourth-order valence-corrected chi connectivity index (χ4v) is 3.85. The van der Waals surface area contributed by atoms with Gasteiger partial charge in [-0.15, -0.1) is 0 Å². The quantitative estimate of drug-likeness (QED) is 0.783. The van der Waals surface area contributed by atoms with Crippen molar-refractivity contribution in [3.63, 3.8) is 0 Å². The first-order valence-electron chi connectivity index (χ1n) is 6.33. The van der Waals surface area contributed by atoms with E-state index in [1.807, 2.05) is 18.2 Å². The molecule has 3 aromatic carbocycles. The molecule has 0 bridgehead atoms. The minimum atomic E-state index is -3.70. The molecule has 0 saturated carbocycles. The molecule has 3 nitrogen and oxygen atoms in total. The summed E-state index contributed by atoms with van der Waals surface area (Å²) in [6.07, 6.45) is 0. The smallest absolute Gasteiger partial charge is 0.262 e. The van der Waals surface area contributed by atoms with Crippen LogP contribution in [0.2, 0.25) is 5.02 Å².